The average molecular weight is 449 g/mol. The van der Waals surface area contributed by atoms with Crippen molar-refractivity contribution in [1.82, 2.24) is 0 Å². The molecule has 6 heteroatoms. The van der Waals surface area contributed by atoms with Crippen molar-refractivity contribution < 1.29 is 18.7 Å². The molecule has 172 valence electrons. The van der Waals surface area contributed by atoms with E-state index in [1.54, 1.807) is 24.3 Å². The van der Waals surface area contributed by atoms with Gasteiger partial charge in [0.15, 0.2) is 5.78 Å². The highest BCUT2D eigenvalue weighted by molar-refractivity contribution is 6.06. The monoisotopic (exact) mass is 448 g/mol. The number of unbranched alkanes of at least 4 members (excludes halogenated alkanes) is 3. The van der Waals surface area contributed by atoms with Crippen LogP contribution in [0.2, 0.25) is 0 Å². The molecule has 0 aliphatic carbocycles. The Morgan fingerprint density at radius 2 is 1.48 bits per heavy atom. The van der Waals surface area contributed by atoms with Gasteiger partial charge in [0, 0.05) is 11.3 Å². The topological polar surface area (TPSA) is 87.6 Å². The summed E-state index contributed by atoms with van der Waals surface area (Å²) in [6, 6.07) is 18.3. The van der Waals surface area contributed by atoms with Crippen LogP contribution in [0.25, 0.3) is 6.08 Å². The zero-order valence-electron chi connectivity index (χ0n) is 18.5. The molecule has 0 radical (unpaired) electrons. The number of hydrogen-bond donors (Lipinski definition) is 2. The molecule has 0 aromatic heterocycles. The third kappa shape index (κ3) is 8.00. The lowest BCUT2D eigenvalue weighted by molar-refractivity contribution is 0.104. The number of carbonyl (C=O) groups excluding carboxylic acids is 1. The van der Waals surface area contributed by atoms with Crippen LogP contribution < -0.4 is 20.9 Å². The summed E-state index contributed by atoms with van der Waals surface area (Å²) in [5, 5.41) is 0. The van der Waals surface area contributed by atoms with Crippen molar-refractivity contribution in [2.24, 2.45) is 0 Å². The second kappa shape index (κ2) is 12.3. The highest BCUT2D eigenvalue weighted by Gasteiger charge is 2.02. The maximum Gasteiger partial charge on any atom is 0.185 e. The molecule has 0 unspecified atom stereocenters. The minimum Gasteiger partial charge on any atom is -0.494 e. The van der Waals surface area contributed by atoms with Gasteiger partial charge in [-0.2, -0.15) is 0 Å². The van der Waals surface area contributed by atoms with Crippen molar-refractivity contribution in [3.8, 4) is 11.5 Å². The molecule has 0 spiro atoms. The smallest absolute Gasteiger partial charge is 0.185 e. The van der Waals surface area contributed by atoms with Gasteiger partial charge >= 0.3 is 0 Å². The van der Waals surface area contributed by atoms with Gasteiger partial charge in [0.25, 0.3) is 0 Å². The molecule has 4 N–H and O–H groups in total. The zero-order valence-corrected chi connectivity index (χ0v) is 18.5. The fourth-order valence-electron chi connectivity index (χ4n) is 3.19. The van der Waals surface area contributed by atoms with E-state index < -0.39 is 0 Å². The number of carbonyl (C=O) groups is 1. The number of ether oxygens (including phenoxy) is 2. The first-order valence-corrected chi connectivity index (χ1v) is 11.0. The molecule has 0 saturated heterocycles. The lowest BCUT2D eigenvalue weighted by Gasteiger charge is -2.09. The van der Waals surface area contributed by atoms with E-state index in [9.17, 15) is 9.18 Å². The average Bonchev–Trinajstić information content (AvgIpc) is 2.81. The molecule has 0 fully saturated rings. The summed E-state index contributed by atoms with van der Waals surface area (Å²) in [7, 11) is 0. The second-order valence-electron chi connectivity index (χ2n) is 7.68. The Morgan fingerprint density at radius 1 is 0.818 bits per heavy atom. The molecule has 0 heterocycles. The minimum absolute atomic E-state index is 0.169. The highest BCUT2D eigenvalue weighted by Crippen LogP contribution is 2.23. The molecular weight excluding hydrogens is 419 g/mol. The first kappa shape index (κ1) is 23.9. The molecule has 0 aliphatic rings. The van der Waals surface area contributed by atoms with Crippen molar-refractivity contribution in [3.63, 3.8) is 0 Å². The van der Waals surface area contributed by atoms with Gasteiger partial charge in [-0.3, -0.25) is 4.79 Å². The number of anilines is 2. The summed E-state index contributed by atoms with van der Waals surface area (Å²) in [5.41, 5.74) is 14.1. The molecule has 33 heavy (non-hydrogen) atoms. The predicted molar refractivity (Wildman–Crippen MR) is 131 cm³/mol. The fourth-order valence-corrected chi connectivity index (χ4v) is 3.19. The van der Waals surface area contributed by atoms with E-state index in [0.717, 1.165) is 37.0 Å². The molecule has 0 aliphatic heterocycles. The van der Waals surface area contributed by atoms with Crippen LogP contribution in [0.15, 0.2) is 72.8 Å². The largest absolute Gasteiger partial charge is 0.494 e. The first-order chi connectivity index (χ1) is 16.0. The Labute approximate surface area is 193 Å². The molecule has 3 aromatic carbocycles. The van der Waals surface area contributed by atoms with E-state index in [-0.39, 0.29) is 11.6 Å². The summed E-state index contributed by atoms with van der Waals surface area (Å²) in [6.45, 7) is 1.26. The molecule has 0 atom stereocenters. The minimum atomic E-state index is -0.361. The SMILES string of the molecule is Nc1ccc(OCCCCCCOc2ccc(C=CC(=O)c3ccc(F)cc3)cc2)c(N)c1. The quantitative estimate of drug-likeness (QED) is 0.156. The van der Waals surface area contributed by atoms with Gasteiger partial charge in [-0.15, -0.1) is 0 Å². The normalized spacial score (nSPS) is 10.9. The molecule has 3 aromatic rings. The maximum absolute atomic E-state index is 12.9. The maximum atomic E-state index is 12.9. The van der Waals surface area contributed by atoms with Gasteiger partial charge in [-0.05, 0) is 91.9 Å². The first-order valence-electron chi connectivity index (χ1n) is 11.0. The molecule has 0 amide bonds. The molecule has 0 saturated carbocycles. The van der Waals surface area contributed by atoms with Crippen LogP contribution in [0.4, 0.5) is 15.8 Å². The Bertz CT molecular complexity index is 1060. The van der Waals surface area contributed by atoms with Crippen LogP contribution in [0, 0.1) is 5.82 Å². The summed E-state index contributed by atoms with van der Waals surface area (Å²) < 4.78 is 24.4. The molecule has 5 nitrogen and oxygen atoms in total. The van der Waals surface area contributed by atoms with Crippen LogP contribution in [0.5, 0.6) is 11.5 Å². The highest BCUT2D eigenvalue weighted by atomic mass is 19.1. The number of nitrogen functional groups attached to an aromatic ring is 2. The van der Waals surface area contributed by atoms with Crippen LogP contribution >= 0.6 is 0 Å². The van der Waals surface area contributed by atoms with Gasteiger partial charge in [0.05, 0.1) is 18.9 Å². The number of allylic oxidation sites excluding steroid dienone is 1. The van der Waals surface area contributed by atoms with Crippen molar-refractivity contribution >= 4 is 23.2 Å². The summed E-state index contributed by atoms with van der Waals surface area (Å²) >= 11 is 0. The van der Waals surface area contributed by atoms with Crippen LogP contribution in [-0.2, 0) is 0 Å². The summed E-state index contributed by atoms with van der Waals surface area (Å²) in [4.78, 5) is 12.1. The predicted octanol–water partition coefficient (Wildman–Crippen LogP) is 5.90. The number of hydrogen-bond acceptors (Lipinski definition) is 5. The Kier molecular flexibility index (Phi) is 8.88. The molecular formula is C27H29FN2O3. The molecule has 3 rings (SSSR count). The Hall–Kier alpha value is -3.80. The summed E-state index contributed by atoms with van der Waals surface area (Å²) in [5.74, 6) is 0.933. The van der Waals surface area contributed by atoms with Crippen molar-refractivity contribution in [1.29, 1.82) is 0 Å². The van der Waals surface area contributed by atoms with Crippen molar-refractivity contribution in [2.75, 3.05) is 24.7 Å². The summed E-state index contributed by atoms with van der Waals surface area (Å²) in [6.07, 6.45) is 7.21. The van der Waals surface area contributed by atoms with Gasteiger partial charge in [0.2, 0.25) is 0 Å². The Morgan fingerprint density at radius 3 is 2.15 bits per heavy atom. The van der Waals surface area contributed by atoms with E-state index in [1.165, 1.54) is 30.3 Å². The number of halogens is 1. The number of benzene rings is 3. The third-order valence-corrected chi connectivity index (χ3v) is 5.03. The standard InChI is InChI=1S/C27H29FN2O3/c28-22-10-8-21(9-11-22)26(31)15-7-20-5-13-24(14-6-20)32-17-3-1-2-4-18-33-27-16-12-23(29)19-25(27)30/h5-16,19H,1-4,17-18,29-30H2. The van der Waals surface area contributed by atoms with Gasteiger partial charge in [-0.25, -0.2) is 4.39 Å². The van der Waals surface area contributed by atoms with Crippen molar-refractivity contribution in [2.45, 2.75) is 25.7 Å². The van der Waals surface area contributed by atoms with E-state index in [4.69, 9.17) is 20.9 Å². The van der Waals surface area contributed by atoms with Gasteiger partial charge in [0.1, 0.15) is 17.3 Å². The lowest BCUT2D eigenvalue weighted by Crippen LogP contribution is -2.02. The number of ketones is 1. The van der Waals surface area contributed by atoms with Crippen LogP contribution in [0.1, 0.15) is 41.6 Å². The number of nitrogens with two attached hydrogens (primary N) is 2. The van der Waals surface area contributed by atoms with Gasteiger partial charge < -0.3 is 20.9 Å². The van der Waals surface area contributed by atoms with Crippen LogP contribution in [0.3, 0.4) is 0 Å². The van der Waals surface area contributed by atoms with E-state index >= 15 is 0 Å². The van der Waals surface area contributed by atoms with Gasteiger partial charge in [-0.1, -0.05) is 18.2 Å². The second-order valence-corrected chi connectivity index (χ2v) is 7.68. The van der Waals surface area contributed by atoms with E-state index in [0.29, 0.717) is 35.9 Å². The molecule has 0 bridgehead atoms. The third-order valence-electron chi connectivity index (χ3n) is 5.03. The Balaban J connectivity index is 1.29. The fraction of sp³-hybridized carbons (Fsp3) is 0.222. The lowest BCUT2D eigenvalue weighted by atomic mass is 10.1. The number of rotatable bonds is 12. The van der Waals surface area contributed by atoms with E-state index in [1.807, 2.05) is 24.3 Å². The zero-order chi connectivity index (χ0) is 23.5. The van der Waals surface area contributed by atoms with E-state index in [2.05, 4.69) is 0 Å². The van der Waals surface area contributed by atoms with Crippen LogP contribution in [-0.4, -0.2) is 19.0 Å². The van der Waals surface area contributed by atoms with Crippen molar-refractivity contribution in [3.05, 3.63) is 89.8 Å².